The second kappa shape index (κ2) is 9.94. The van der Waals surface area contributed by atoms with Gasteiger partial charge in [-0.05, 0) is 49.4 Å². The van der Waals surface area contributed by atoms with Gasteiger partial charge in [-0.15, -0.1) is 10.2 Å². The number of aromatic nitrogens is 2. The minimum atomic E-state index is -0.824. The minimum absolute atomic E-state index is 0.00724. The molecule has 33 heavy (non-hydrogen) atoms. The van der Waals surface area contributed by atoms with E-state index in [4.69, 9.17) is 32.7 Å². The van der Waals surface area contributed by atoms with Gasteiger partial charge in [-0.2, -0.15) is 0 Å². The molecule has 172 valence electrons. The van der Waals surface area contributed by atoms with E-state index in [2.05, 4.69) is 15.5 Å². The number of ether oxygens (including phenoxy) is 2. The lowest BCUT2D eigenvalue weighted by molar-refractivity contribution is -0.122. The number of amides is 2. The maximum Gasteiger partial charge on any atom is 0.266 e. The molecule has 1 aliphatic rings. The van der Waals surface area contributed by atoms with E-state index in [0.717, 1.165) is 11.4 Å². The van der Waals surface area contributed by atoms with Gasteiger partial charge < -0.3 is 14.4 Å². The Morgan fingerprint density at radius 1 is 1.21 bits per heavy atom. The zero-order chi connectivity index (χ0) is 23.5. The average Bonchev–Trinajstić information content (AvgIpc) is 3.42. The molecule has 0 saturated carbocycles. The van der Waals surface area contributed by atoms with Gasteiger partial charge in [-0.3, -0.25) is 14.9 Å². The van der Waals surface area contributed by atoms with E-state index < -0.39 is 12.0 Å². The molecule has 2 aromatic carbocycles. The SMILES string of the molecule is COc1ccc(N2CC(c3nnc(NC(=O)C(C)Oc4ccc(Cl)cc4Cl)s3)CC2=O)cc1. The third kappa shape index (κ3) is 5.38. The maximum absolute atomic E-state index is 12.6. The highest BCUT2D eigenvalue weighted by atomic mass is 35.5. The highest BCUT2D eigenvalue weighted by Gasteiger charge is 2.34. The average molecular weight is 507 g/mol. The Balaban J connectivity index is 1.37. The van der Waals surface area contributed by atoms with Crippen molar-refractivity contribution in [3.05, 3.63) is 57.5 Å². The van der Waals surface area contributed by atoms with Crippen LogP contribution in [0.3, 0.4) is 0 Å². The molecule has 8 nitrogen and oxygen atoms in total. The third-order valence-corrected chi connectivity index (χ3v) is 6.63. The molecule has 0 aliphatic carbocycles. The number of nitrogens with one attached hydrogen (secondary N) is 1. The van der Waals surface area contributed by atoms with Gasteiger partial charge in [0.2, 0.25) is 11.0 Å². The van der Waals surface area contributed by atoms with E-state index >= 15 is 0 Å². The molecular formula is C22H20Cl2N4O4S. The molecule has 0 bridgehead atoms. The first kappa shape index (κ1) is 23.3. The quantitative estimate of drug-likeness (QED) is 0.495. The Kier molecular flexibility index (Phi) is 7.02. The summed E-state index contributed by atoms with van der Waals surface area (Å²) in [6.07, 6.45) is -0.502. The summed E-state index contributed by atoms with van der Waals surface area (Å²) in [4.78, 5) is 26.8. The topological polar surface area (TPSA) is 93.7 Å². The molecule has 2 atom stereocenters. The largest absolute Gasteiger partial charge is 0.497 e. The van der Waals surface area contributed by atoms with Crippen LogP contribution in [-0.4, -0.2) is 41.8 Å². The summed E-state index contributed by atoms with van der Waals surface area (Å²) in [6, 6.07) is 12.1. The van der Waals surface area contributed by atoms with Crippen molar-refractivity contribution in [2.75, 3.05) is 23.9 Å². The summed E-state index contributed by atoms with van der Waals surface area (Å²) in [5.41, 5.74) is 0.799. The van der Waals surface area contributed by atoms with Gasteiger partial charge in [-0.25, -0.2) is 0 Å². The molecule has 0 spiro atoms. The van der Waals surface area contributed by atoms with Crippen molar-refractivity contribution in [3.8, 4) is 11.5 Å². The van der Waals surface area contributed by atoms with Gasteiger partial charge in [0, 0.05) is 29.6 Å². The normalized spacial score (nSPS) is 16.5. The number of nitrogens with zero attached hydrogens (tertiary/aromatic N) is 3. The highest BCUT2D eigenvalue weighted by Crippen LogP contribution is 2.35. The Hall–Kier alpha value is -2.88. The lowest BCUT2D eigenvalue weighted by atomic mass is 10.1. The van der Waals surface area contributed by atoms with Crippen LogP contribution in [0, 0.1) is 0 Å². The third-order valence-electron chi connectivity index (χ3n) is 5.10. The summed E-state index contributed by atoms with van der Waals surface area (Å²) in [5, 5.41) is 12.8. The molecule has 1 fully saturated rings. The van der Waals surface area contributed by atoms with Crippen LogP contribution in [0.2, 0.25) is 10.0 Å². The van der Waals surface area contributed by atoms with Crippen molar-refractivity contribution in [3.63, 3.8) is 0 Å². The van der Waals surface area contributed by atoms with Crippen molar-refractivity contribution in [2.45, 2.75) is 25.4 Å². The molecule has 1 aromatic heterocycles. The summed E-state index contributed by atoms with van der Waals surface area (Å²) < 4.78 is 10.8. The van der Waals surface area contributed by atoms with Crippen LogP contribution in [0.5, 0.6) is 11.5 Å². The van der Waals surface area contributed by atoms with Crippen LogP contribution in [0.15, 0.2) is 42.5 Å². The molecule has 3 aromatic rings. The molecule has 4 rings (SSSR count). The predicted octanol–water partition coefficient (Wildman–Crippen LogP) is 4.78. The molecule has 1 aliphatic heterocycles. The van der Waals surface area contributed by atoms with Crippen LogP contribution in [0.25, 0.3) is 0 Å². The van der Waals surface area contributed by atoms with Crippen molar-refractivity contribution < 1.29 is 19.1 Å². The molecule has 11 heteroatoms. The molecular weight excluding hydrogens is 487 g/mol. The number of anilines is 2. The van der Waals surface area contributed by atoms with Crippen LogP contribution in [-0.2, 0) is 9.59 Å². The van der Waals surface area contributed by atoms with Crippen molar-refractivity contribution in [1.82, 2.24) is 10.2 Å². The summed E-state index contributed by atoms with van der Waals surface area (Å²) >= 11 is 13.2. The first-order valence-electron chi connectivity index (χ1n) is 10.0. The molecule has 1 saturated heterocycles. The van der Waals surface area contributed by atoms with Gasteiger partial charge >= 0.3 is 0 Å². The van der Waals surface area contributed by atoms with Gasteiger partial charge in [0.05, 0.1) is 12.1 Å². The summed E-state index contributed by atoms with van der Waals surface area (Å²) in [5.74, 6) is 0.580. The van der Waals surface area contributed by atoms with Gasteiger partial charge in [0.15, 0.2) is 6.10 Å². The zero-order valence-electron chi connectivity index (χ0n) is 17.7. The molecule has 0 radical (unpaired) electrons. The molecule has 2 unspecified atom stereocenters. The first-order chi connectivity index (χ1) is 15.8. The van der Waals surface area contributed by atoms with Crippen LogP contribution in [0.1, 0.15) is 24.3 Å². The second-order valence-corrected chi connectivity index (χ2v) is 9.23. The Labute approximate surface area is 204 Å². The summed E-state index contributed by atoms with van der Waals surface area (Å²) in [6.45, 7) is 2.09. The highest BCUT2D eigenvalue weighted by molar-refractivity contribution is 7.15. The lowest BCUT2D eigenvalue weighted by Crippen LogP contribution is -2.30. The van der Waals surface area contributed by atoms with Crippen molar-refractivity contribution >= 4 is 57.2 Å². The van der Waals surface area contributed by atoms with Crippen LogP contribution >= 0.6 is 34.5 Å². The van der Waals surface area contributed by atoms with Gasteiger partial charge in [0.25, 0.3) is 5.91 Å². The van der Waals surface area contributed by atoms with Crippen molar-refractivity contribution in [2.24, 2.45) is 0 Å². The van der Waals surface area contributed by atoms with Gasteiger partial charge in [-0.1, -0.05) is 34.5 Å². The van der Waals surface area contributed by atoms with E-state index in [0.29, 0.717) is 38.9 Å². The minimum Gasteiger partial charge on any atom is -0.497 e. The number of rotatable bonds is 7. The number of methoxy groups -OCH3 is 1. The number of carbonyl (C=O) groups excluding carboxylic acids is 2. The number of carbonyl (C=O) groups is 2. The van der Waals surface area contributed by atoms with E-state index in [1.165, 1.54) is 17.4 Å². The number of benzene rings is 2. The monoisotopic (exact) mass is 506 g/mol. The Morgan fingerprint density at radius 3 is 2.67 bits per heavy atom. The van der Waals surface area contributed by atoms with Crippen molar-refractivity contribution in [1.29, 1.82) is 0 Å². The fourth-order valence-corrected chi connectivity index (χ4v) is 4.65. The molecule has 1 N–H and O–H groups in total. The van der Waals surface area contributed by atoms with E-state index in [1.54, 1.807) is 31.1 Å². The number of hydrogen-bond donors (Lipinski definition) is 1. The first-order valence-corrected chi connectivity index (χ1v) is 11.6. The maximum atomic E-state index is 12.6. The second-order valence-electron chi connectivity index (χ2n) is 7.37. The van der Waals surface area contributed by atoms with E-state index in [1.807, 2.05) is 24.3 Å². The Bertz CT molecular complexity index is 1170. The lowest BCUT2D eigenvalue weighted by Gasteiger charge is -2.16. The van der Waals surface area contributed by atoms with Crippen LogP contribution in [0.4, 0.5) is 10.8 Å². The predicted molar refractivity (Wildman–Crippen MR) is 128 cm³/mol. The standard InChI is InChI=1S/C22H20Cl2N4O4S/c1-12(32-18-8-3-14(23)10-17(18)24)20(30)25-22-27-26-21(33-22)13-9-19(29)28(11-13)15-4-6-16(31-2)7-5-15/h3-8,10,12-13H,9,11H2,1-2H3,(H,25,27,30). The molecule has 2 amide bonds. The van der Waals surface area contributed by atoms with E-state index in [-0.39, 0.29) is 11.8 Å². The zero-order valence-corrected chi connectivity index (χ0v) is 20.1. The van der Waals surface area contributed by atoms with Gasteiger partial charge in [0.1, 0.15) is 16.5 Å². The van der Waals surface area contributed by atoms with Crippen LogP contribution < -0.4 is 19.7 Å². The number of halogens is 2. The summed E-state index contributed by atoms with van der Waals surface area (Å²) in [7, 11) is 1.59. The fourth-order valence-electron chi connectivity index (χ4n) is 3.36. The Morgan fingerprint density at radius 2 is 1.97 bits per heavy atom. The van der Waals surface area contributed by atoms with E-state index in [9.17, 15) is 9.59 Å². The smallest absolute Gasteiger partial charge is 0.266 e. The fraction of sp³-hybridized carbons (Fsp3) is 0.273. The molecule has 2 heterocycles. The number of hydrogen-bond acceptors (Lipinski definition) is 7.